The van der Waals surface area contributed by atoms with Crippen LogP contribution in [0.3, 0.4) is 0 Å². The summed E-state index contributed by atoms with van der Waals surface area (Å²) in [7, 11) is 1.73. The van der Waals surface area contributed by atoms with Gasteiger partial charge in [-0.3, -0.25) is 4.68 Å². The highest BCUT2D eigenvalue weighted by Gasteiger charge is 2.24. The summed E-state index contributed by atoms with van der Waals surface area (Å²) in [4.78, 5) is 21.2. The highest BCUT2D eigenvalue weighted by molar-refractivity contribution is 7.98. The Hall–Kier alpha value is -3.04. The van der Waals surface area contributed by atoms with Crippen LogP contribution in [0.2, 0.25) is 0 Å². The molecule has 0 radical (unpaired) electrons. The van der Waals surface area contributed by atoms with Gasteiger partial charge in [-0.15, -0.1) is 0 Å². The molecule has 0 aromatic carbocycles. The van der Waals surface area contributed by atoms with E-state index in [2.05, 4.69) is 26.5 Å². The van der Waals surface area contributed by atoms with Gasteiger partial charge in [0.15, 0.2) is 5.13 Å². The smallest absolute Gasteiger partial charge is 0.350 e. The number of nitriles is 1. The second-order valence-corrected chi connectivity index (χ2v) is 8.75. The van der Waals surface area contributed by atoms with Gasteiger partial charge >= 0.3 is 5.97 Å². The predicted molar refractivity (Wildman–Crippen MR) is 123 cm³/mol. The van der Waals surface area contributed by atoms with Crippen LogP contribution in [-0.4, -0.2) is 38.9 Å². The van der Waals surface area contributed by atoms with Crippen molar-refractivity contribution >= 4 is 34.2 Å². The predicted octanol–water partition coefficient (Wildman–Crippen LogP) is 4.96. The van der Waals surface area contributed by atoms with Gasteiger partial charge < -0.3 is 10.1 Å². The Labute approximate surface area is 198 Å². The van der Waals surface area contributed by atoms with E-state index in [4.69, 9.17) is 4.74 Å². The number of carbonyl (C=O) groups excluding carboxylic acids is 1. The number of ether oxygens (including phenoxy) is 1. The molecule has 0 fully saturated rings. The molecule has 33 heavy (non-hydrogen) atoms. The van der Waals surface area contributed by atoms with Crippen molar-refractivity contribution in [3.05, 3.63) is 39.8 Å². The maximum Gasteiger partial charge on any atom is 0.350 e. The minimum atomic E-state index is -2.82. The molecule has 0 saturated heterocycles. The molecule has 0 bridgehead atoms. The van der Waals surface area contributed by atoms with E-state index in [0.717, 1.165) is 28.8 Å². The van der Waals surface area contributed by atoms with Crippen LogP contribution in [0.1, 0.15) is 52.6 Å². The average Bonchev–Trinajstić information content (AvgIpc) is 3.34. The monoisotopic (exact) mass is 492 g/mol. The summed E-state index contributed by atoms with van der Waals surface area (Å²) in [5.74, 6) is -0.355. The molecule has 3 heterocycles. The number of thioether (sulfide) groups is 1. The van der Waals surface area contributed by atoms with Crippen molar-refractivity contribution in [2.75, 3.05) is 18.5 Å². The fourth-order valence-corrected chi connectivity index (χ4v) is 5.00. The third-order valence-electron chi connectivity index (χ3n) is 4.70. The van der Waals surface area contributed by atoms with Gasteiger partial charge in [0.05, 0.1) is 24.1 Å². The second kappa shape index (κ2) is 10.7. The number of nitrogens with one attached hydrogen (secondary N) is 1. The molecular weight excluding hydrogens is 470 g/mol. The number of pyridine rings is 1. The Morgan fingerprint density at radius 2 is 2.12 bits per heavy atom. The number of carbonyl (C=O) groups is 1. The van der Waals surface area contributed by atoms with Crippen LogP contribution in [0.4, 0.5) is 13.9 Å². The van der Waals surface area contributed by atoms with Crippen molar-refractivity contribution in [1.29, 1.82) is 5.26 Å². The molecule has 8 nitrogen and oxygen atoms in total. The Morgan fingerprint density at radius 3 is 2.70 bits per heavy atom. The summed E-state index contributed by atoms with van der Waals surface area (Å²) in [6.07, 6.45) is -1.28. The minimum absolute atomic E-state index is 0.140. The quantitative estimate of drug-likeness (QED) is 0.330. The van der Waals surface area contributed by atoms with Gasteiger partial charge in [0.2, 0.25) is 0 Å². The topological polar surface area (TPSA) is 106 Å². The maximum atomic E-state index is 13.6. The number of alkyl halides is 2. The molecule has 3 aromatic rings. The van der Waals surface area contributed by atoms with Crippen molar-refractivity contribution in [2.45, 2.75) is 38.0 Å². The van der Waals surface area contributed by atoms with Crippen molar-refractivity contribution in [3.8, 4) is 17.2 Å². The van der Waals surface area contributed by atoms with E-state index in [-0.39, 0.29) is 22.9 Å². The Bertz CT molecular complexity index is 1200. The number of thiazole rings is 1. The molecule has 0 aliphatic carbocycles. The standard InChI is InChI=1S/C21H22F2N6O2S2/c1-5-25-21-28-16(17(33-21)20(30)31-6-2)10-32-19-13(8-24)12(7-15(27-19)18(22)23)14-9-26-29(4)11(14)3/h7,9,18H,5-6,10H2,1-4H3,(H,25,28). The second-order valence-electron chi connectivity index (χ2n) is 6.79. The van der Waals surface area contributed by atoms with Crippen LogP contribution in [0.15, 0.2) is 17.3 Å². The van der Waals surface area contributed by atoms with E-state index < -0.39 is 18.1 Å². The first-order valence-electron chi connectivity index (χ1n) is 10.1. The average molecular weight is 493 g/mol. The SMILES string of the molecule is CCNc1nc(CSc2nc(C(F)F)cc(-c3cnn(C)c3C)c2C#N)c(C(=O)OCC)s1. The molecule has 0 unspecified atom stereocenters. The summed E-state index contributed by atoms with van der Waals surface area (Å²) in [5.41, 5.74) is 1.82. The third-order valence-corrected chi connectivity index (χ3v) is 6.72. The van der Waals surface area contributed by atoms with E-state index >= 15 is 0 Å². The van der Waals surface area contributed by atoms with Crippen LogP contribution >= 0.6 is 23.1 Å². The van der Waals surface area contributed by atoms with Gasteiger partial charge in [0.1, 0.15) is 21.7 Å². The Balaban J connectivity index is 2.03. The molecule has 1 N–H and O–H groups in total. The normalized spacial score (nSPS) is 11.0. The van der Waals surface area contributed by atoms with Crippen LogP contribution in [0.25, 0.3) is 11.1 Å². The summed E-state index contributed by atoms with van der Waals surface area (Å²) in [6.45, 7) is 6.24. The fraction of sp³-hybridized carbons (Fsp3) is 0.381. The van der Waals surface area contributed by atoms with E-state index in [0.29, 0.717) is 33.4 Å². The Kier molecular flexibility index (Phi) is 7.99. The van der Waals surface area contributed by atoms with Gasteiger partial charge in [-0.2, -0.15) is 10.4 Å². The number of nitrogens with zero attached hydrogens (tertiary/aromatic N) is 5. The summed E-state index contributed by atoms with van der Waals surface area (Å²) >= 11 is 2.24. The largest absolute Gasteiger partial charge is 0.462 e. The van der Waals surface area contributed by atoms with Gasteiger partial charge in [-0.05, 0) is 26.8 Å². The fourth-order valence-electron chi connectivity index (χ4n) is 3.01. The summed E-state index contributed by atoms with van der Waals surface area (Å²) in [5, 5.41) is 17.8. The molecule has 12 heteroatoms. The lowest BCUT2D eigenvalue weighted by Crippen LogP contribution is -2.05. The molecule has 0 saturated carbocycles. The number of rotatable bonds is 9. The number of hydrogen-bond donors (Lipinski definition) is 1. The van der Waals surface area contributed by atoms with E-state index in [1.54, 1.807) is 25.6 Å². The number of aryl methyl sites for hydroxylation is 1. The molecule has 3 aromatic heterocycles. The number of aromatic nitrogens is 4. The van der Waals surface area contributed by atoms with Gasteiger partial charge in [-0.1, -0.05) is 23.1 Å². The minimum Gasteiger partial charge on any atom is -0.462 e. The lowest BCUT2D eigenvalue weighted by Gasteiger charge is -2.11. The number of anilines is 1. The summed E-state index contributed by atoms with van der Waals surface area (Å²) < 4.78 is 34.0. The van der Waals surface area contributed by atoms with Crippen molar-refractivity contribution in [1.82, 2.24) is 19.7 Å². The number of halogens is 2. The molecule has 3 rings (SSSR count). The van der Waals surface area contributed by atoms with Gasteiger partial charge in [0, 0.05) is 36.2 Å². The van der Waals surface area contributed by atoms with Crippen LogP contribution in [-0.2, 0) is 17.5 Å². The van der Waals surface area contributed by atoms with Crippen molar-refractivity contribution < 1.29 is 18.3 Å². The molecular formula is C21H22F2N6O2S2. The highest BCUT2D eigenvalue weighted by atomic mass is 32.2. The lowest BCUT2D eigenvalue weighted by atomic mass is 10.0. The van der Waals surface area contributed by atoms with Crippen molar-refractivity contribution in [3.63, 3.8) is 0 Å². The highest BCUT2D eigenvalue weighted by Crippen LogP contribution is 2.37. The first-order valence-corrected chi connectivity index (χ1v) is 11.9. The van der Waals surface area contributed by atoms with Crippen LogP contribution < -0.4 is 5.32 Å². The zero-order valence-electron chi connectivity index (χ0n) is 18.5. The zero-order valence-corrected chi connectivity index (χ0v) is 20.1. The summed E-state index contributed by atoms with van der Waals surface area (Å²) in [6, 6.07) is 3.33. The van der Waals surface area contributed by atoms with Crippen LogP contribution in [0, 0.1) is 18.3 Å². The zero-order chi connectivity index (χ0) is 24.1. The van der Waals surface area contributed by atoms with Crippen molar-refractivity contribution in [2.24, 2.45) is 7.05 Å². The molecule has 174 valence electrons. The number of esters is 1. The van der Waals surface area contributed by atoms with Crippen LogP contribution in [0.5, 0.6) is 0 Å². The lowest BCUT2D eigenvalue weighted by molar-refractivity contribution is 0.0531. The van der Waals surface area contributed by atoms with Gasteiger partial charge in [-0.25, -0.2) is 23.5 Å². The Morgan fingerprint density at radius 1 is 1.36 bits per heavy atom. The van der Waals surface area contributed by atoms with E-state index in [9.17, 15) is 18.8 Å². The first-order chi connectivity index (χ1) is 15.8. The van der Waals surface area contributed by atoms with E-state index in [1.165, 1.54) is 12.3 Å². The number of hydrogen-bond acceptors (Lipinski definition) is 9. The molecule has 0 aliphatic rings. The third kappa shape index (κ3) is 5.31. The van der Waals surface area contributed by atoms with E-state index in [1.807, 2.05) is 6.92 Å². The molecule has 0 amide bonds. The maximum absolute atomic E-state index is 13.6. The molecule has 0 aliphatic heterocycles. The first kappa shape index (κ1) is 24.6. The molecule has 0 spiro atoms. The van der Waals surface area contributed by atoms with Gasteiger partial charge in [0.25, 0.3) is 6.43 Å². The molecule has 0 atom stereocenters.